The van der Waals surface area contributed by atoms with Gasteiger partial charge in [-0.2, -0.15) is 0 Å². The van der Waals surface area contributed by atoms with Gasteiger partial charge in [-0.05, 0) is 51.1 Å². The molecule has 2 heterocycles. The van der Waals surface area contributed by atoms with Gasteiger partial charge in [0.1, 0.15) is 5.82 Å². The zero-order chi connectivity index (χ0) is 16.2. The highest BCUT2D eigenvalue weighted by molar-refractivity contribution is 6.31. The molecule has 0 radical (unpaired) electrons. The van der Waals surface area contributed by atoms with Crippen molar-refractivity contribution in [2.24, 2.45) is 5.92 Å². The SMILES string of the molecule is CN1CCC[C@@H](C(=O)NCCCc2nc3ccc(Cl)cc3[nH]2)C1. The molecule has 1 aromatic heterocycles. The van der Waals surface area contributed by atoms with Gasteiger partial charge in [-0.15, -0.1) is 0 Å². The molecule has 0 spiro atoms. The Bertz CT molecular complexity index is 684. The van der Waals surface area contributed by atoms with E-state index in [1.165, 1.54) is 0 Å². The van der Waals surface area contributed by atoms with Crippen LogP contribution in [0.25, 0.3) is 11.0 Å². The minimum absolute atomic E-state index is 0.141. The van der Waals surface area contributed by atoms with Gasteiger partial charge in [-0.1, -0.05) is 11.6 Å². The van der Waals surface area contributed by atoms with Gasteiger partial charge in [0.25, 0.3) is 0 Å². The number of carbonyl (C=O) groups excluding carboxylic acids is 1. The third-order valence-corrected chi connectivity index (χ3v) is 4.61. The number of fused-ring (bicyclic) bond motifs is 1. The number of aryl methyl sites for hydroxylation is 1. The fourth-order valence-corrected chi connectivity index (χ4v) is 3.32. The predicted molar refractivity (Wildman–Crippen MR) is 92.7 cm³/mol. The van der Waals surface area contributed by atoms with Crippen molar-refractivity contribution in [1.29, 1.82) is 0 Å². The molecule has 1 aromatic carbocycles. The molecule has 5 nitrogen and oxygen atoms in total. The molecule has 1 atom stereocenters. The number of benzene rings is 1. The van der Waals surface area contributed by atoms with E-state index in [0.717, 1.165) is 55.6 Å². The summed E-state index contributed by atoms with van der Waals surface area (Å²) in [6, 6.07) is 5.64. The minimum Gasteiger partial charge on any atom is -0.356 e. The highest BCUT2D eigenvalue weighted by atomic mass is 35.5. The van der Waals surface area contributed by atoms with Crippen molar-refractivity contribution in [2.45, 2.75) is 25.7 Å². The van der Waals surface area contributed by atoms with Crippen LogP contribution in [0, 0.1) is 5.92 Å². The number of hydrogen-bond acceptors (Lipinski definition) is 3. The molecule has 1 amide bonds. The Morgan fingerprint density at radius 3 is 3.22 bits per heavy atom. The van der Waals surface area contributed by atoms with E-state index in [2.05, 4.69) is 27.2 Å². The average molecular weight is 335 g/mol. The molecule has 1 aliphatic heterocycles. The first-order valence-electron chi connectivity index (χ1n) is 8.22. The van der Waals surface area contributed by atoms with Crippen LogP contribution in [0.15, 0.2) is 18.2 Å². The Labute approximate surface area is 141 Å². The van der Waals surface area contributed by atoms with Crippen LogP contribution in [0.5, 0.6) is 0 Å². The van der Waals surface area contributed by atoms with Crippen LogP contribution >= 0.6 is 11.6 Å². The number of nitrogens with one attached hydrogen (secondary N) is 2. The zero-order valence-corrected chi connectivity index (χ0v) is 14.2. The number of halogens is 1. The zero-order valence-electron chi connectivity index (χ0n) is 13.4. The van der Waals surface area contributed by atoms with Crippen LogP contribution in [0.3, 0.4) is 0 Å². The molecule has 6 heteroatoms. The van der Waals surface area contributed by atoms with Crippen LogP contribution in [0.2, 0.25) is 5.02 Å². The van der Waals surface area contributed by atoms with Gasteiger partial charge in [0.2, 0.25) is 5.91 Å². The molecule has 0 unspecified atom stereocenters. The number of piperidine rings is 1. The third kappa shape index (κ3) is 4.24. The lowest BCUT2D eigenvalue weighted by atomic mass is 9.97. The van der Waals surface area contributed by atoms with E-state index in [9.17, 15) is 4.79 Å². The molecular weight excluding hydrogens is 312 g/mol. The highest BCUT2D eigenvalue weighted by Gasteiger charge is 2.23. The molecule has 1 aliphatic rings. The quantitative estimate of drug-likeness (QED) is 0.826. The Morgan fingerprint density at radius 1 is 1.52 bits per heavy atom. The van der Waals surface area contributed by atoms with E-state index in [1.54, 1.807) is 0 Å². The largest absolute Gasteiger partial charge is 0.356 e. The maximum Gasteiger partial charge on any atom is 0.224 e. The number of rotatable bonds is 5. The Balaban J connectivity index is 1.44. The summed E-state index contributed by atoms with van der Waals surface area (Å²) in [6.07, 6.45) is 3.80. The van der Waals surface area contributed by atoms with Crippen LogP contribution in [-0.4, -0.2) is 47.5 Å². The number of amides is 1. The number of likely N-dealkylation sites (tertiary alicyclic amines) is 1. The summed E-state index contributed by atoms with van der Waals surface area (Å²) in [5.74, 6) is 1.27. The smallest absolute Gasteiger partial charge is 0.224 e. The highest BCUT2D eigenvalue weighted by Crippen LogP contribution is 2.18. The van der Waals surface area contributed by atoms with Gasteiger partial charge in [0, 0.05) is 24.5 Å². The summed E-state index contributed by atoms with van der Waals surface area (Å²) in [4.78, 5) is 22.2. The number of aromatic nitrogens is 2. The van der Waals surface area contributed by atoms with Crippen molar-refractivity contribution >= 4 is 28.5 Å². The topological polar surface area (TPSA) is 61.0 Å². The fraction of sp³-hybridized carbons (Fsp3) is 0.529. The van der Waals surface area contributed by atoms with Gasteiger partial charge in [0.15, 0.2) is 0 Å². The molecule has 2 N–H and O–H groups in total. The molecular formula is C17H23ClN4O. The van der Waals surface area contributed by atoms with Gasteiger partial charge < -0.3 is 15.2 Å². The Kier molecular flexibility index (Phi) is 5.18. The summed E-state index contributed by atoms with van der Waals surface area (Å²) in [6.45, 7) is 2.66. The second-order valence-corrected chi connectivity index (χ2v) is 6.78. The first-order chi connectivity index (χ1) is 11.1. The van der Waals surface area contributed by atoms with E-state index < -0.39 is 0 Å². The molecule has 3 rings (SSSR count). The maximum absolute atomic E-state index is 12.2. The van der Waals surface area contributed by atoms with Crippen molar-refractivity contribution in [2.75, 3.05) is 26.7 Å². The Hall–Kier alpha value is -1.59. The maximum atomic E-state index is 12.2. The normalized spacial score (nSPS) is 19.1. The van der Waals surface area contributed by atoms with Gasteiger partial charge in [0.05, 0.1) is 17.0 Å². The fourth-order valence-electron chi connectivity index (χ4n) is 3.15. The number of H-pyrrole nitrogens is 1. The van der Waals surface area contributed by atoms with Crippen molar-refractivity contribution in [3.05, 3.63) is 29.0 Å². The first-order valence-corrected chi connectivity index (χ1v) is 8.60. The van der Waals surface area contributed by atoms with E-state index in [4.69, 9.17) is 11.6 Å². The third-order valence-electron chi connectivity index (χ3n) is 4.38. The lowest BCUT2D eigenvalue weighted by Crippen LogP contribution is -2.41. The monoisotopic (exact) mass is 334 g/mol. The molecule has 124 valence electrons. The predicted octanol–water partition coefficient (Wildman–Crippen LogP) is 2.61. The van der Waals surface area contributed by atoms with E-state index in [-0.39, 0.29) is 11.8 Å². The van der Waals surface area contributed by atoms with Crippen LogP contribution in [0.1, 0.15) is 25.1 Å². The summed E-state index contributed by atoms with van der Waals surface area (Å²) in [7, 11) is 2.08. The van der Waals surface area contributed by atoms with Crippen LogP contribution < -0.4 is 5.32 Å². The summed E-state index contributed by atoms with van der Waals surface area (Å²) >= 11 is 5.97. The number of imidazole rings is 1. The van der Waals surface area contributed by atoms with Gasteiger partial charge >= 0.3 is 0 Å². The van der Waals surface area contributed by atoms with Crippen molar-refractivity contribution < 1.29 is 4.79 Å². The molecule has 0 saturated carbocycles. The number of hydrogen-bond donors (Lipinski definition) is 2. The number of carbonyl (C=O) groups is 1. The van der Waals surface area contributed by atoms with Gasteiger partial charge in [-0.25, -0.2) is 4.98 Å². The number of nitrogens with zero attached hydrogens (tertiary/aromatic N) is 2. The molecule has 1 saturated heterocycles. The molecule has 1 fully saturated rings. The van der Waals surface area contributed by atoms with Gasteiger partial charge in [-0.3, -0.25) is 4.79 Å². The van der Waals surface area contributed by atoms with E-state index >= 15 is 0 Å². The van der Waals surface area contributed by atoms with E-state index in [0.29, 0.717) is 11.6 Å². The Morgan fingerprint density at radius 2 is 2.39 bits per heavy atom. The van der Waals surface area contributed by atoms with Crippen molar-refractivity contribution in [1.82, 2.24) is 20.2 Å². The second kappa shape index (κ2) is 7.32. The standard InChI is InChI=1S/C17H23ClN4O/c1-22-9-3-4-12(11-22)17(23)19-8-2-5-16-20-14-7-6-13(18)10-15(14)21-16/h6-7,10,12H,2-5,8-9,11H2,1H3,(H,19,23)(H,20,21)/t12-/m1/s1. The molecule has 0 aliphatic carbocycles. The summed E-state index contributed by atoms with van der Waals surface area (Å²) in [5.41, 5.74) is 1.89. The van der Waals surface area contributed by atoms with Crippen molar-refractivity contribution in [3.63, 3.8) is 0 Å². The second-order valence-electron chi connectivity index (χ2n) is 6.34. The van der Waals surface area contributed by atoms with E-state index in [1.807, 2.05) is 18.2 Å². The lowest BCUT2D eigenvalue weighted by molar-refractivity contribution is -0.126. The molecule has 0 bridgehead atoms. The first kappa shape index (κ1) is 16.3. The van der Waals surface area contributed by atoms with Crippen LogP contribution in [0.4, 0.5) is 0 Å². The van der Waals surface area contributed by atoms with Crippen LogP contribution in [-0.2, 0) is 11.2 Å². The molecule has 2 aromatic rings. The summed E-state index contributed by atoms with van der Waals surface area (Å²) in [5, 5.41) is 3.76. The summed E-state index contributed by atoms with van der Waals surface area (Å²) < 4.78 is 0. The number of aromatic amines is 1. The molecule has 23 heavy (non-hydrogen) atoms. The average Bonchev–Trinajstić information content (AvgIpc) is 2.93. The lowest BCUT2D eigenvalue weighted by Gasteiger charge is -2.28. The minimum atomic E-state index is 0.141. The van der Waals surface area contributed by atoms with Crippen molar-refractivity contribution in [3.8, 4) is 0 Å².